The number of ether oxygens (including phenoxy) is 1. The van der Waals surface area contributed by atoms with E-state index in [1.807, 2.05) is 24.3 Å². The van der Waals surface area contributed by atoms with Gasteiger partial charge in [-0.15, -0.1) is 0 Å². The Morgan fingerprint density at radius 3 is 2.61 bits per heavy atom. The molecule has 1 aliphatic carbocycles. The molecular formula is C23H25ClN2O4S. The van der Waals surface area contributed by atoms with Crippen LogP contribution in [-0.2, 0) is 26.2 Å². The van der Waals surface area contributed by atoms with Crippen LogP contribution in [0.1, 0.15) is 44.6 Å². The highest BCUT2D eigenvalue weighted by Gasteiger charge is 2.24. The summed E-state index contributed by atoms with van der Waals surface area (Å²) in [6.45, 7) is 1.47. The van der Waals surface area contributed by atoms with Gasteiger partial charge in [-0.3, -0.25) is 4.79 Å². The van der Waals surface area contributed by atoms with Crippen LogP contribution < -0.4 is 4.72 Å². The minimum Gasteiger partial charge on any atom is -0.461 e. The number of carbonyl (C=O) groups excluding carboxylic acids is 1. The van der Waals surface area contributed by atoms with Crippen molar-refractivity contribution in [1.82, 2.24) is 9.71 Å². The summed E-state index contributed by atoms with van der Waals surface area (Å²) in [5, 5.41) is 1.09. The van der Waals surface area contributed by atoms with Crippen molar-refractivity contribution in [3.05, 3.63) is 53.1 Å². The molecule has 8 heteroatoms. The van der Waals surface area contributed by atoms with Crippen LogP contribution >= 0.6 is 11.6 Å². The van der Waals surface area contributed by atoms with E-state index in [-0.39, 0.29) is 28.5 Å². The van der Waals surface area contributed by atoms with Crippen molar-refractivity contribution in [3.8, 4) is 11.3 Å². The number of esters is 1. The minimum atomic E-state index is -3.71. The van der Waals surface area contributed by atoms with Crippen LogP contribution in [0.15, 0.2) is 47.4 Å². The molecule has 2 N–H and O–H groups in total. The number of halogens is 1. The van der Waals surface area contributed by atoms with Gasteiger partial charge in [0.1, 0.15) is 11.5 Å². The average molecular weight is 461 g/mol. The van der Waals surface area contributed by atoms with Crippen LogP contribution in [0.4, 0.5) is 0 Å². The number of nitrogens with one attached hydrogen (secondary N) is 2. The Morgan fingerprint density at radius 2 is 1.90 bits per heavy atom. The first kappa shape index (κ1) is 21.9. The van der Waals surface area contributed by atoms with Crippen molar-refractivity contribution in [2.75, 3.05) is 0 Å². The van der Waals surface area contributed by atoms with Crippen LogP contribution in [0.2, 0.25) is 5.02 Å². The smallest absolute Gasteiger partial charge is 0.302 e. The van der Waals surface area contributed by atoms with Gasteiger partial charge in [-0.25, -0.2) is 13.1 Å². The number of hydrogen-bond acceptors (Lipinski definition) is 4. The van der Waals surface area contributed by atoms with Crippen molar-refractivity contribution in [1.29, 1.82) is 0 Å². The largest absolute Gasteiger partial charge is 0.461 e. The number of H-pyrrole nitrogens is 1. The maximum absolute atomic E-state index is 12.9. The molecule has 0 atom stereocenters. The summed E-state index contributed by atoms with van der Waals surface area (Å²) >= 11 is 6.44. The average Bonchev–Trinajstić information content (AvgIpc) is 3.11. The fraction of sp³-hybridized carbons (Fsp3) is 0.348. The normalized spacial score (nSPS) is 15.3. The Hall–Kier alpha value is -2.35. The third kappa shape index (κ3) is 4.79. The summed E-state index contributed by atoms with van der Waals surface area (Å²) in [4.78, 5) is 14.8. The number of fused-ring (bicyclic) bond motifs is 1. The molecule has 1 aliphatic rings. The Bertz CT molecular complexity index is 1210. The van der Waals surface area contributed by atoms with Crippen molar-refractivity contribution in [2.45, 2.75) is 56.6 Å². The second kappa shape index (κ2) is 9.02. The van der Waals surface area contributed by atoms with Crippen LogP contribution in [0, 0.1) is 0 Å². The molecule has 164 valence electrons. The van der Waals surface area contributed by atoms with E-state index in [0.717, 1.165) is 59.8 Å². The molecule has 2 aromatic carbocycles. The summed E-state index contributed by atoms with van der Waals surface area (Å²) in [5.41, 5.74) is 3.18. The van der Waals surface area contributed by atoms with Gasteiger partial charge in [-0.1, -0.05) is 55.1 Å². The van der Waals surface area contributed by atoms with Crippen molar-refractivity contribution < 1.29 is 17.9 Å². The zero-order chi connectivity index (χ0) is 22.0. The fourth-order valence-electron chi connectivity index (χ4n) is 4.15. The zero-order valence-corrected chi connectivity index (χ0v) is 18.9. The van der Waals surface area contributed by atoms with Crippen molar-refractivity contribution in [3.63, 3.8) is 0 Å². The Labute approximate surface area is 187 Å². The maximum Gasteiger partial charge on any atom is 0.302 e. The van der Waals surface area contributed by atoms with E-state index in [4.69, 9.17) is 16.3 Å². The first-order valence-corrected chi connectivity index (χ1v) is 12.3. The minimum absolute atomic E-state index is 0.0430. The SMILES string of the molecule is CC(=O)OCc1c(-c2ccc(S(=O)(=O)NC3CCCCC3)c(Cl)c2)[nH]c2ccccc12. The first-order valence-electron chi connectivity index (χ1n) is 10.4. The number of carbonyl (C=O) groups is 1. The molecule has 1 aromatic heterocycles. The summed E-state index contributed by atoms with van der Waals surface area (Å²) < 4.78 is 33.8. The molecule has 0 spiro atoms. The molecule has 6 nitrogen and oxygen atoms in total. The molecule has 0 radical (unpaired) electrons. The highest BCUT2D eigenvalue weighted by Crippen LogP contribution is 2.34. The molecule has 0 bridgehead atoms. The van der Waals surface area contributed by atoms with E-state index < -0.39 is 10.0 Å². The number of sulfonamides is 1. The number of hydrogen-bond donors (Lipinski definition) is 2. The standard InChI is InChI=1S/C23H25ClN2O4S/c1-15(27)30-14-19-18-9-5-6-10-21(18)25-23(19)16-11-12-22(20(24)13-16)31(28,29)26-17-7-3-2-4-8-17/h5-6,9-13,17,25-26H,2-4,7-8,14H2,1H3. The third-order valence-corrected chi connectivity index (χ3v) is 7.67. The maximum atomic E-state index is 12.9. The number of benzene rings is 2. The van der Waals surface area contributed by atoms with Gasteiger partial charge >= 0.3 is 5.97 Å². The van der Waals surface area contributed by atoms with E-state index in [2.05, 4.69) is 9.71 Å². The van der Waals surface area contributed by atoms with Gasteiger partial charge < -0.3 is 9.72 Å². The Morgan fingerprint density at radius 1 is 1.16 bits per heavy atom. The molecule has 4 rings (SSSR count). The van der Waals surface area contributed by atoms with Crippen LogP contribution in [0.25, 0.3) is 22.2 Å². The van der Waals surface area contributed by atoms with Crippen LogP contribution in [0.5, 0.6) is 0 Å². The lowest BCUT2D eigenvalue weighted by Crippen LogP contribution is -2.36. The van der Waals surface area contributed by atoms with Gasteiger partial charge in [0.05, 0.1) is 10.7 Å². The van der Waals surface area contributed by atoms with E-state index in [1.165, 1.54) is 13.0 Å². The third-order valence-electron chi connectivity index (χ3n) is 5.67. The number of para-hydroxylation sites is 1. The predicted octanol–water partition coefficient (Wildman–Crippen LogP) is 5.16. The van der Waals surface area contributed by atoms with Gasteiger partial charge in [0, 0.05) is 29.4 Å². The fourth-order valence-corrected chi connectivity index (χ4v) is 6.00. The molecule has 1 saturated carbocycles. The molecule has 0 aliphatic heterocycles. The molecule has 0 amide bonds. The van der Waals surface area contributed by atoms with Gasteiger partial charge in [0.25, 0.3) is 0 Å². The predicted molar refractivity (Wildman–Crippen MR) is 121 cm³/mol. The lowest BCUT2D eigenvalue weighted by molar-refractivity contribution is -0.142. The highest BCUT2D eigenvalue weighted by atomic mass is 35.5. The van der Waals surface area contributed by atoms with E-state index in [0.29, 0.717) is 0 Å². The lowest BCUT2D eigenvalue weighted by Gasteiger charge is -2.23. The molecule has 3 aromatic rings. The van der Waals surface area contributed by atoms with Gasteiger partial charge in [-0.05, 0) is 36.6 Å². The Balaban J connectivity index is 1.68. The summed E-state index contributed by atoms with van der Waals surface area (Å²) in [6.07, 6.45) is 4.91. The van der Waals surface area contributed by atoms with E-state index in [1.54, 1.807) is 12.1 Å². The highest BCUT2D eigenvalue weighted by molar-refractivity contribution is 7.89. The summed E-state index contributed by atoms with van der Waals surface area (Å²) in [7, 11) is -3.71. The number of rotatable bonds is 6. The van der Waals surface area contributed by atoms with E-state index in [9.17, 15) is 13.2 Å². The molecular weight excluding hydrogens is 436 g/mol. The molecule has 1 heterocycles. The monoisotopic (exact) mass is 460 g/mol. The molecule has 0 saturated heterocycles. The molecule has 31 heavy (non-hydrogen) atoms. The summed E-state index contributed by atoms with van der Waals surface area (Å²) in [6, 6.07) is 12.6. The number of aromatic amines is 1. The quantitative estimate of drug-likeness (QED) is 0.497. The molecule has 0 unspecified atom stereocenters. The topological polar surface area (TPSA) is 88.3 Å². The lowest BCUT2D eigenvalue weighted by atomic mass is 9.96. The second-order valence-corrected chi connectivity index (χ2v) is 10.00. The number of aromatic nitrogens is 1. The van der Waals surface area contributed by atoms with Crippen LogP contribution in [0.3, 0.4) is 0 Å². The zero-order valence-electron chi connectivity index (χ0n) is 17.3. The first-order chi connectivity index (χ1) is 14.8. The molecule has 1 fully saturated rings. The van der Waals surface area contributed by atoms with Gasteiger partial charge in [-0.2, -0.15) is 0 Å². The second-order valence-electron chi connectivity index (χ2n) is 7.91. The van der Waals surface area contributed by atoms with Crippen molar-refractivity contribution >= 4 is 38.5 Å². The Kier molecular flexibility index (Phi) is 6.36. The summed E-state index contributed by atoms with van der Waals surface area (Å²) in [5.74, 6) is -0.371. The van der Waals surface area contributed by atoms with Crippen molar-refractivity contribution in [2.24, 2.45) is 0 Å². The van der Waals surface area contributed by atoms with Gasteiger partial charge in [0.2, 0.25) is 10.0 Å². The van der Waals surface area contributed by atoms with Gasteiger partial charge in [0.15, 0.2) is 0 Å². The van der Waals surface area contributed by atoms with E-state index >= 15 is 0 Å². The van der Waals surface area contributed by atoms with Crippen LogP contribution in [-0.4, -0.2) is 25.4 Å².